The summed E-state index contributed by atoms with van der Waals surface area (Å²) in [6.45, 7) is 6.10. The predicted octanol–water partition coefficient (Wildman–Crippen LogP) is 4.15. The van der Waals surface area contributed by atoms with Gasteiger partial charge in [0.15, 0.2) is 10.9 Å². The summed E-state index contributed by atoms with van der Waals surface area (Å²) in [4.78, 5) is 18.0. The lowest BCUT2D eigenvalue weighted by molar-refractivity contribution is -0.132. The number of furan rings is 1. The minimum atomic E-state index is 0.228. The number of amides is 1. The van der Waals surface area contributed by atoms with Gasteiger partial charge >= 0.3 is 0 Å². The van der Waals surface area contributed by atoms with Gasteiger partial charge < -0.3 is 14.2 Å². The number of piperidine rings is 1. The normalized spacial score (nSPS) is 17.4. The van der Waals surface area contributed by atoms with Crippen molar-refractivity contribution in [1.82, 2.24) is 24.6 Å². The summed E-state index contributed by atoms with van der Waals surface area (Å²) in [6, 6.07) is 14.8. The van der Waals surface area contributed by atoms with Gasteiger partial charge in [0.25, 0.3) is 0 Å². The van der Waals surface area contributed by atoms with E-state index in [2.05, 4.69) is 39.1 Å². The molecule has 0 spiro atoms. The average Bonchev–Trinajstić information content (AvgIpc) is 3.37. The Labute approximate surface area is 199 Å². The van der Waals surface area contributed by atoms with Gasteiger partial charge in [-0.25, -0.2) is 0 Å². The Kier molecular flexibility index (Phi) is 6.83. The Bertz CT molecular complexity index is 1040. The van der Waals surface area contributed by atoms with Gasteiger partial charge in [0.05, 0.1) is 18.6 Å². The number of aromatic nitrogens is 3. The van der Waals surface area contributed by atoms with Crippen molar-refractivity contribution in [1.29, 1.82) is 0 Å². The molecule has 1 aliphatic carbocycles. The minimum Gasteiger partial charge on any atom is -0.461 e. The first-order valence-corrected chi connectivity index (χ1v) is 12.9. The molecule has 174 valence electrons. The highest BCUT2D eigenvalue weighted by atomic mass is 32.2. The maximum absolute atomic E-state index is 13.4. The molecule has 2 aromatic heterocycles. The fourth-order valence-corrected chi connectivity index (χ4v) is 5.47. The van der Waals surface area contributed by atoms with Crippen LogP contribution in [0.4, 0.5) is 0 Å². The lowest BCUT2D eigenvalue weighted by Crippen LogP contribution is -2.49. The summed E-state index contributed by atoms with van der Waals surface area (Å²) in [5, 5.41) is 9.58. The molecule has 0 atom stereocenters. The van der Waals surface area contributed by atoms with E-state index in [0.29, 0.717) is 36.0 Å². The van der Waals surface area contributed by atoms with E-state index in [1.54, 1.807) is 6.26 Å². The minimum absolute atomic E-state index is 0.228. The number of likely N-dealkylation sites (tertiary alicyclic amines) is 1. The quantitative estimate of drug-likeness (QED) is 0.442. The van der Waals surface area contributed by atoms with Crippen LogP contribution in [0.1, 0.15) is 38.2 Å². The Hall–Kier alpha value is -2.58. The second-order valence-corrected chi connectivity index (χ2v) is 9.78. The van der Waals surface area contributed by atoms with E-state index in [0.717, 1.165) is 56.0 Å². The molecule has 0 radical (unpaired) electrons. The highest BCUT2D eigenvalue weighted by Crippen LogP contribution is 2.33. The molecule has 1 aromatic carbocycles. The van der Waals surface area contributed by atoms with Crippen LogP contribution in [0.3, 0.4) is 0 Å². The lowest BCUT2D eigenvalue weighted by atomic mass is 10.0. The first-order chi connectivity index (χ1) is 16.2. The standard InChI is InChI=1S/C25H31N5O2S/c1-2-28-14-12-21(13-15-28)30(20-10-11-20)23(31)18-33-25-27-26-24(22-9-6-16-32-22)29(25)17-19-7-4-3-5-8-19/h3-9,16,20-21H,2,10-15,17-18H2,1H3. The molecule has 2 fully saturated rings. The average molecular weight is 466 g/mol. The third kappa shape index (κ3) is 5.17. The zero-order chi connectivity index (χ0) is 22.6. The van der Waals surface area contributed by atoms with Gasteiger partial charge in [-0.1, -0.05) is 49.0 Å². The van der Waals surface area contributed by atoms with Crippen LogP contribution in [0.2, 0.25) is 0 Å². The molecule has 0 unspecified atom stereocenters. The van der Waals surface area contributed by atoms with E-state index in [4.69, 9.17) is 4.42 Å². The number of rotatable bonds is 9. The van der Waals surface area contributed by atoms with Crippen LogP contribution in [0.5, 0.6) is 0 Å². The van der Waals surface area contributed by atoms with E-state index in [9.17, 15) is 4.79 Å². The molecule has 3 aromatic rings. The number of hydrogen-bond acceptors (Lipinski definition) is 6. The molecule has 1 saturated carbocycles. The van der Waals surface area contributed by atoms with Gasteiger partial charge in [0.2, 0.25) is 11.7 Å². The maximum atomic E-state index is 13.4. The fraction of sp³-hybridized carbons (Fsp3) is 0.480. The molecule has 3 heterocycles. The van der Waals surface area contributed by atoms with Gasteiger partial charge in [-0.2, -0.15) is 0 Å². The third-order valence-corrected chi connectivity index (χ3v) is 7.54. The highest BCUT2D eigenvalue weighted by molar-refractivity contribution is 7.99. The maximum Gasteiger partial charge on any atom is 0.233 e. The topological polar surface area (TPSA) is 67.4 Å². The lowest BCUT2D eigenvalue weighted by Gasteiger charge is -2.38. The Morgan fingerprint density at radius 2 is 1.82 bits per heavy atom. The number of thioether (sulfide) groups is 1. The molecule has 2 aliphatic rings. The van der Waals surface area contributed by atoms with Crippen molar-refractivity contribution in [2.45, 2.75) is 56.4 Å². The van der Waals surface area contributed by atoms with Crippen molar-refractivity contribution in [3.05, 3.63) is 54.3 Å². The van der Waals surface area contributed by atoms with Gasteiger partial charge in [-0.15, -0.1) is 10.2 Å². The Morgan fingerprint density at radius 1 is 1.06 bits per heavy atom. The molecule has 0 bridgehead atoms. The van der Waals surface area contributed by atoms with Crippen LogP contribution >= 0.6 is 11.8 Å². The first-order valence-electron chi connectivity index (χ1n) is 11.9. The van der Waals surface area contributed by atoms with Crippen molar-refractivity contribution in [3.63, 3.8) is 0 Å². The van der Waals surface area contributed by atoms with Crippen molar-refractivity contribution in [2.24, 2.45) is 0 Å². The molecule has 8 heteroatoms. The molecule has 1 amide bonds. The summed E-state index contributed by atoms with van der Waals surface area (Å²) >= 11 is 1.48. The van der Waals surface area contributed by atoms with Crippen molar-refractivity contribution < 1.29 is 9.21 Å². The van der Waals surface area contributed by atoms with E-state index >= 15 is 0 Å². The number of carbonyl (C=O) groups is 1. The molecule has 1 saturated heterocycles. The van der Waals surface area contributed by atoms with Gasteiger partial charge in [0, 0.05) is 25.2 Å². The molecular weight excluding hydrogens is 434 g/mol. The van der Waals surface area contributed by atoms with Crippen molar-refractivity contribution in [2.75, 3.05) is 25.4 Å². The number of hydrogen-bond donors (Lipinski definition) is 0. The second kappa shape index (κ2) is 10.1. The Morgan fingerprint density at radius 3 is 2.48 bits per heavy atom. The monoisotopic (exact) mass is 465 g/mol. The number of benzene rings is 1. The molecule has 7 nitrogen and oxygen atoms in total. The van der Waals surface area contributed by atoms with E-state index in [1.807, 2.05) is 34.9 Å². The molecule has 5 rings (SSSR count). The molecule has 0 N–H and O–H groups in total. The molecule has 1 aliphatic heterocycles. The van der Waals surface area contributed by atoms with Crippen molar-refractivity contribution >= 4 is 17.7 Å². The number of nitrogens with zero attached hydrogens (tertiary/aromatic N) is 5. The van der Waals surface area contributed by atoms with Crippen LogP contribution in [0, 0.1) is 0 Å². The van der Waals surface area contributed by atoms with Crippen LogP contribution in [-0.2, 0) is 11.3 Å². The largest absolute Gasteiger partial charge is 0.461 e. The SMILES string of the molecule is CCN1CCC(N(C(=O)CSc2nnc(-c3ccco3)n2Cc2ccccc2)C2CC2)CC1. The zero-order valence-electron chi connectivity index (χ0n) is 19.1. The third-order valence-electron chi connectivity index (χ3n) is 6.59. The Balaban J connectivity index is 1.31. The van der Waals surface area contributed by atoms with Crippen molar-refractivity contribution in [3.8, 4) is 11.6 Å². The summed E-state index contributed by atoms with van der Waals surface area (Å²) < 4.78 is 7.65. The second-order valence-electron chi connectivity index (χ2n) is 8.84. The predicted molar refractivity (Wildman–Crippen MR) is 129 cm³/mol. The number of carbonyl (C=O) groups excluding carboxylic acids is 1. The smallest absolute Gasteiger partial charge is 0.233 e. The first kappa shape index (κ1) is 22.2. The van der Waals surface area contributed by atoms with Crippen LogP contribution in [0.15, 0.2) is 58.3 Å². The molecular formula is C25H31N5O2S. The van der Waals surface area contributed by atoms with E-state index in [1.165, 1.54) is 11.8 Å². The summed E-state index contributed by atoms with van der Waals surface area (Å²) in [5.74, 6) is 1.98. The van der Waals surface area contributed by atoms with Gasteiger partial charge in [-0.3, -0.25) is 9.36 Å². The summed E-state index contributed by atoms with van der Waals surface area (Å²) in [5.41, 5.74) is 1.15. The van der Waals surface area contributed by atoms with Crippen LogP contribution in [0.25, 0.3) is 11.6 Å². The fourth-order valence-electron chi connectivity index (χ4n) is 4.66. The van der Waals surface area contributed by atoms with Crippen LogP contribution < -0.4 is 0 Å². The summed E-state index contributed by atoms with van der Waals surface area (Å²) in [6.07, 6.45) is 6.07. The summed E-state index contributed by atoms with van der Waals surface area (Å²) in [7, 11) is 0. The highest BCUT2D eigenvalue weighted by Gasteiger charge is 2.38. The van der Waals surface area contributed by atoms with E-state index < -0.39 is 0 Å². The zero-order valence-corrected chi connectivity index (χ0v) is 19.9. The van der Waals surface area contributed by atoms with Crippen LogP contribution in [-0.4, -0.2) is 67.9 Å². The van der Waals surface area contributed by atoms with Gasteiger partial charge in [0.1, 0.15) is 0 Å². The molecule has 33 heavy (non-hydrogen) atoms. The van der Waals surface area contributed by atoms with Gasteiger partial charge in [-0.05, 0) is 49.9 Å². The van der Waals surface area contributed by atoms with E-state index in [-0.39, 0.29) is 5.91 Å².